The van der Waals surface area contributed by atoms with Crippen molar-refractivity contribution in [1.82, 2.24) is 9.97 Å². The Morgan fingerprint density at radius 2 is 1.47 bits per heavy atom. The molecule has 0 spiro atoms. The van der Waals surface area contributed by atoms with E-state index in [0.29, 0.717) is 33.7 Å². The Bertz CT molecular complexity index is 2880. The zero-order valence-corrected chi connectivity index (χ0v) is 31.5. The molecule has 0 fully saturated rings. The molecule has 0 atom stereocenters. The third-order valence-electron chi connectivity index (χ3n) is 8.31. The van der Waals surface area contributed by atoms with Crippen LogP contribution in [0.5, 0.6) is 0 Å². The number of aryl methyl sites for hydroxylation is 2. The number of furan rings is 1. The molecule has 259 valence electrons. The molecule has 3 nitrogen and oxygen atoms in total. The molecule has 0 unspecified atom stereocenters. The van der Waals surface area contributed by atoms with E-state index < -0.39 is 31.9 Å². The standard InChI is InChI=1S/C27H18NO.C20H26N.Ir/c1-16-14-24(28-15-17(16)2)23-9-5-8-21-22-13-12-19-11-10-18-6-3-4-7-20(18)25(19)27(22)29-26(21)23;1-15(2)11-17-12-19(16-9-7-6-8-10-16)21-14-18(17)13-20(3,4)5;/h3-8,10-15H,1-2H3;6-9,12,14-15H,11,13H2,1-5H3;/q2*-1;/i1D3,2D3;11D2,13D2;. The minimum Gasteiger partial charge on any atom is -0.500 e. The number of hydrogen-bond donors (Lipinski definition) is 0. The number of rotatable bonds is 5. The first kappa shape index (κ1) is 25.3. The molecule has 0 amide bonds. The SMILES string of the molecule is [2H]C([2H])([2H])c1cnc(-c2[c-]ccc3c2oc2c3ccc3ccc4ccccc4c32)cc1C([2H])([2H])[2H].[2H]C([2H])(c1cc(-c2[c-]cccc2)ncc1C([2H])([2H])C(C)(C)C)C(C)C.[Ir]. The largest absolute Gasteiger partial charge is 0.500 e. The van der Waals surface area contributed by atoms with E-state index in [9.17, 15) is 0 Å². The molecule has 3 aromatic heterocycles. The van der Waals surface area contributed by atoms with Gasteiger partial charge in [-0.1, -0.05) is 117 Å². The fourth-order valence-corrected chi connectivity index (χ4v) is 6.16. The number of fused-ring (bicyclic) bond motifs is 7. The van der Waals surface area contributed by atoms with Gasteiger partial charge >= 0.3 is 0 Å². The van der Waals surface area contributed by atoms with Crippen LogP contribution in [0.3, 0.4) is 0 Å². The molecule has 0 aliphatic heterocycles. The zero-order valence-electron chi connectivity index (χ0n) is 39.1. The molecule has 5 aromatic carbocycles. The molecule has 0 bridgehead atoms. The van der Waals surface area contributed by atoms with Crippen LogP contribution >= 0.6 is 0 Å². The number of hydrogen-bond acceptors (Lipinski definition) is 3. The number of benzene rings is 5. The van der Waals surface area contributed by atoms with Crippen molar-refractivity contribution >= 4 is 43.5 Å². The molecule has 0 saturated carbocycles. The van der Waals surface area contributed by atoms with Gasteiger partial charge in [0.25, 0.3) is 0 Å². The normalized spacial score (nSPS) is 15.6. The number of nitrogens with zero attached hydrogens (tertiary/aromatic N) is 2. The van der Waals surface area contributed by atoms with Crippen LogP contribution in [0.4, 0.5) is 0 Å². The van der Waals surface area contributed by atoms with E-state index in [1.165, 1.54) is 12.3 Å². The molecule has 51 heavy (non-hydrogen) atoms. The monoisotopic (exact) mass is 855 g/mol. The Balaban J connectivity index is 0.000000213. The van der Waals surface area contributed by atoms with Crippen LogP contribution in [0.1, 0.15) is 70.6 Å². The third-order valence-corrected chi connectivity index (χ3v) is 8.31. The summed E-state index contributed by atoms with van der Waals surface area (Å²) in [5, 5.41) is 5.99. The van der Waals surface area contributed by atoms with Gasteiger partial charge in [0.05, 0.1) is 5.58 Å². The Morgan fingerprint density at radius 1 is 0.725 bits per heavy atom. The van der Waals surface area contributed by atoms with Crippen molar-refractivity contribution in [2.75, 3.05) is 0 Å². The minimum absolute atomic E-state index is 0. The molecule has 1 radical (unpaired) electrons. The van der Waals surface area contributed by atoms with Crippen molar-refractivity contribution < 1.29 is 38.2 Å². The number of pyridine rings is 2. The first-order valence-corrected chi connectivity index (χ1v) is 16.7. The first-order chi connectivity index (χ1) is 28.0. The molecule has 0 saturated heterocycles. The van der Waals surface area contributed by atoms with Gasteiger partial charge in [-0.05, 0) is 76.5 Å². The summed E-state index contributed by atoms with van der Waals surface area (Å²) in [6.45, 7) is 3.88. The smallest absolute Gasteiger partial charge is 0.129 e. The van der Waals surface area contributed by atoms with Crippen LogP contribution in [0, 0.1) is 37.2 Å². The van der Waals surface area contributed by atoms with Gasteiger partial charge in [0, 0.05) is 57.0 Å². The quantitative estimate of drug-likeness (QED) is 0.128. The maximum atomic E-state index is 8.61. The van der Waals surface area contributed by atoms with Crippen molar-refractivity contribution in [2.24, 2.45) is 11.3 Å². The molecule has 0 N–H and O–H groups in total. The summed E-state index contributed by atoms with van der Waals surface area (Å²) in [6.07, 6.45) is -0.754. The van der Waals surface area contributed by atoms with Gasteiger partial charge in [-0.2, -0.15) is 0 Å². The van der Waals surface area contributed by atoms with Crippen LogP contribution in [-0.4, -0.2) is 9.97 Å². The predicted octanol–water partition coefficient (Wildman–Crippen LogP) is 12.7. The van der Waals surface area contributed by atoms with Crippen molar-refractivity contribution in [3.63, 3.8) is 0 Å². The molecule has 8 aromatic rings. The van der Waals surface area contributed by atoms with E-state index in [-0.39, 0.29) is 37.2 Å². The van der Waals surface area contributed by atoms with Gasteiger partial charge < -0.3 is 14.4 Å². The molecule has 3 heterocycles. The van der Waals surface area contributed by atoms with E-state index >= 15 is 0 Å². The summed E-state index contributed by atoms with van der Waals surface area (Å²) in [4.78, 5) is 8.75. The maximum Gasteiger partial charge on any atom is 0.129 e. The van der Waals surface area contributed by atoms with Gasteiger partial charge in [0.1, 0.15) is 5.58 Å². The molecule has 0 aliphatic rings. The van der Waals surface area contributed by atoms with Crippen molar-refractivity contribution in [3.05, 3.63) is 144 Å². The summed E-state index contributed by atoms with van der Waals surface area (Å²) < 4.78 is 87.7. The first-order valence-electron chi connectivity index (χ1n) is 21.7. The van der Waals surface area contributed by atoms with Crippen molar-refractivity contribution in [3.8, 4) is 22.5 Å². The average Bonchev–Trinajstić information content (AvgIpc) is 3.59. The van der Waals surface area contributed by atoms with Gasteiger partial charge in [-0.3, -0.25) is 0 Å². The Hall–Kier alpha value is -4.63. The fourth-order valence-electron chi connectivity index (χ4n) is 6.16. The molecular weight excluding hydrogens is 801 g/mol. The summed E-state index contributed by atoms with van der Waals surface area (Å²) >= 11 is 0. The molecular formula is C47H44IrN2O-2. The Kier molecular flexibility index (Phi) is 7.41. The summed E-state index contributed by atoms with van der Waals surface area (Å²) in [7, 11) is 0. The van der Waals surface area contributed by atoms with E-state index in [1.54, 1.807) is 18.2 Å². The molecule has 4 heteroatoms. The minimum atomic E-state index is -2.61. The number of aromatic nitrogens is 2. The third kappa shape index (κ3) is 7.69. The molecule has 0 aliphatic carbocycles. The van der Waals surface area contributed by atoms with Gasteiger partial charge in [-0.25, -0.2) is 0 Å². The summed E-state index contributed by atoms with van der Waals surface area (Å²) in [5.74, 6) is -0.294. The fraction of sp³-hybridized carbons (Fsp3) is 0.234. The van der Waals surface area contributed by atoms with Crippen LogP contribution in [-0.2, 0) is 32.9 Å². The zero-order chi connectivity index (χ0) is 43.6. The average molecular weight is 855 g/mol. The van der Waals surface area contributed by atoms with Crippen LogP contribution in [0.2, 0.25) is 0 Å². The Morgan fingerprint density at radius 3 is 2.24 bits per heavy atom. The van der Waals surface area contributed by atoms with Gasteiger partial charge in [0.15, 0.2) is 0 Å². The maximum absolute atomic E-state index is 8.61. The van der Waals surface area contributed by atoms with Crippen LogP contribution < -0.4 is 0 Å². The van der Waals surface area contributed by atoms with E-state index in [1.807, 2.05) is 77.1 Å². The van der Waals surface area contributed by atoms with Crippen LogP contribution in [0.15, 0.2) is 114 Å². The van der Waals surface area contributed by atoms with Gasteiger partial charge in [0.2, 0.25) is 0 Å². The van der Waals surface area contributed by atoms with Crippen molar-refractivity contribution in [2.45, 2.75) is 61.1 Å². The Labute approximate surface area is 329 Å². The predicted molar refractivity (Wildman–Crippen MR) is 210 cm³/mol. The second-order valence-electron chi connectivity index (χ2n) is 13.7. The second kappa shape index (κ2) is 14.9. The van der Waals surface area contributed by atoms with Crippen LogP contribution in [0.25, 0.3) is 66.0 Å². The molecule has 8 rings (SSSR count). The van der Waals surface area contributed by atoms with Gasteiger partial charge in [-0.15, -0.1) is 54.1 Å². The summed E-state index contributed by atoms with van der Waals surface area (Å²) in [6, 6.07) is 36.6. The van der Waals surface area contributed by atoms with E-state index in [0.717, 1.165) is 49.7 Å². The summed E-state index contributed by atoms with van der Waals surface area (Å²) in [5.41, 5.74) is 2.87. The second-order valence-corrected chi connectivity index (χ2v) is 13.7. The van der Waals surface area contributed by atoms with E-state index in [2.05, 4.69) is 52.4 Å². The van der Waals surface area contributed by atoms with Crippen molar-refractivity contribution in [1.29, 1.82) is 0 Å². The topological polar surface area (TPSA) is 38.9 Å². The van der Waals surface area contributed by atoms with E-state index in [4.69, 9.17) is 18.1 Å².